The van der Waals surface area contributed by atoms with Crippen LogP contribution in [0.1, 0.15) is 33.3 Å². The van der Waals surface area contributed by atoms with Crippen molar-refractivity contribution in [3.63, 3.8) is 0 Å². The highest BCUT2D eigenvalue weighted by molar-refractivity contribution is 5.84. The quantitative estimate of drug-likeness (QED) is 0.424. The van der Waals surface area contributed by atoms with Gasteiger partial charge in [-0.05, 0) is 51.8 Å². The molecular formula is C18H28N4O2. The molecule has 6 heteroatoms. The van der Waals surface area contributed by atoms with Crippen LogP contribution in [0.25, 0.3) is 0 Å². The normalized spacial score (nSPS) is 11.8. The molecule has 0 radical (unpaired) electrons. The average molecular weight is 332 g/mol. The number of benzene rings is 1. The van der Waals surface area contributed by atoms with Gasteiger partial charge >= 0.3 is 6.09 Å². The van der Waals surface area contributed by atoms with Gasteiger partial charge in [-0.2, -0.15) is 0 Å². The van der Waals surface area contributed by atoms with Crippen molar-refractivity contribution in [1.29, 1.82) is 0 Å². The summed E-state index contributed by atoms with van der Waals surface area (Å²) in [7, 11) is 0. The molecule has 1 aromatic rings. The van der Waals surface area contributed by atoms with Crippen LogP contribution in [0.5, 0.6) is 0 Å². The number of hydrogen-bond donors (Lipinski definition) is 3. The first-order chi connectivity index (χ1) is 11.2. The molecule has 0 spiro atoms. The number of carbonyl (C=O) groups excluding carboxylic acids is 1. The smallest absolute Gasteiger partial charge is 0.412 e. The summed E-state index contributed by atoms with van der Waals surface area (Å²) >= 11 is 0. The van der Waals surface area contributed by atoms with Gasteiger partial charge in [-0.15, -0.1) is 0 Å². The van der Waals surface area contributed by atoms with Crippen molar-refractivity contribution in [1.82, 2.24) is 5.32 Å². The van der Waals surface area contributed by atoms with Crippen molar-refractivity contribution in [3.8, 4) is 0 Å². The molecule has 0 atom stereocenters. The number of ether oxygens (including phenoxy) is 1. The van der Waals surface area contributed by atoms with E-state index in [1.807, 2.05) is 52.0 Å². The topological polar surface area (TPSA) is 88.7 Å². The van der Waals surface area contributed by atoms with Crippen LogP contribution in [0.3, 0.4) is 0 Å². The fourth-order valence-electron chi connectivity index (χ4n) is 1.79. The lowest BCUT2D eigenvalue weighted by Crippen LogP contribution is -2.33. The Balaban J connectivity index is 2.41. The molecule has 132 valence electrons. The largest absolute Gasteiger partial charge is 0.444 e. The van der Waals surface area contributed by atoms with Gasteiger partial charge in [0.25, 0.3) is 0 Å². The molecular weight excluding hydrogens is 304 g/mol. The van der Waals surface area contributed by atoms with E-state index in [2.05, 4.69) is 22.2 Å². The van der Waals surface area contributed by atoms with Gasteiger partial charge in [-0.25, -0.2) is 9.79 Å². The number of anilines is 1. The summed E-state index contributed by atoms with van der Waals surface area (Å²) in [6.45, 7) is 12.4. The van der Waals surface area contributed by atoms with Crippen LogP contribution in [0.4, 0.5) is 10.5 Å². The highest BCUT2D eigenvalue weighted by Gasteiger charge is 2.15. The van der Waals surface area contributed by atoms with Crippen molar-refractivity contribution < 1.29 is 9.53 Å². The van der Waals surface area contributed by atoms with E-state index in [1.54, 1.807) is 0 Å². The Morgan fingerprint density at radius 3 is 2.46 bits per heavy atom. The van der Waals surface area contributed by atoms with Crippen LogP contribution >= 0.6 is 0 Å². The average Bonchev–Trinajstić information content (AvgIpc) is 2.45. The first-order valence-corrected chi connectivity index (χ1v) is 7.93. The Bertz CT molecular complexity index is 586. The maximum absolute atomic E-state index is 11.7. The minimum atomic E-state index is -0.513. The van der Waals surface area contributed by atoms with Gasteiger partial charge in [0, 0.05) is 12.2 Å². The highest BCUT2D eigenvalue weighted by Crippen LogP contribution is 2.13. The molecule has 0 aliphatic rings. The maximum Gasteiger partial charge on any atom is 0.412 e. The predicted octanol–water partition coefficient (Wildman–Crippen LogP) is 3.06. The maximum atomic E-state index is 11.7. The number of guanidine groups is 1. The lowest BCUT2D eigenvalue weighted by molar-refractivity contribution is 0.0636. The molecule has 24 heavy (non-hydrogen) atoms. The molecule has 0 unspecified atom stereocenters. The van der Waals surface area contributed by atoms with E-state index in [0.29, 0.717) is 24.7 Å². The Morgan fingerprint density at radius 2 is 1.92 bits per heavy atom. The molecule has 1 rings (SSSR count). The van der Waals surface area contributed by atoms with Gasteiger partial charge in [-0.3, -0.25) is 5.32 Å². The molecule has 0 saturated carbocycles. The third-order valence-electron chi connectivity index (χ3n) is 2.84. The summed E-state index contributed by atoms with van der Waals surface area (Å²) < 4.78 is 5.21. The van der Waals surface area contributed by atoms with E-state index < -0.39 is 11.7 Å². The molecule has 0 bridgehead atoms. The number of nitrogens with two attached hydrogens (primary N) is 1. The fourth-order valence-corrected chi connectivity index (χ4v) is 1.79. The van der Waals surface area contributed by atoms with Gasteiger partial charge in [0.05, 0.1) is 6.54 Å². The van der Waals surface area contributed by atoms with E-state index in [0.717, 1.165) is 17.6 Å². The van der Waals surface area contributed by atoms with Crippen LogP contribution in [0, 0.1) is 0 Å². The van der Waals surface area contributed by atoms with E-state index in [9.17, 15) is 4.79 Å². The second-order valence-corrected chi connectivity index (χ2v) is 6.66. The molecule has 1 aromatic carbocycles. The Kier molecular flexibility index (Phi) is 7.30. The first kappa shape index (κ1) is 19.5. The van der Waals surface area contributed by atoms with Gasteiger partial charge < -0.3 is 15.8 Å². The second-order valence-electron chi connectivity index (χ2n) is 6.66. The number of aliphatic imine (C=N–C) groups is 1. The van der Waals surface area contributed by atoms with Crippen LogP contribution < -0.4 is 16.4 Å². The summed E-state index contributed by atoms with van der Waals surface area (Å²) in [4.78, 5) is 15.8. The molecule has 4 N–H and O–H groups in total. The SMILES string of the molecule is C=C(C)CN=C(N)NCCc1ccc(NC(=O)OC(C)(C)C)cc1. The lowest BCUT2D eigenvalue weighted by atomic mass is 10.1. The summed E-state index contributed by atoms with van der Waals surface area (Å²) in [6, 6.07) is 7.60. The number of nitrogens with zero attached hydrogens (tertiary/aromatic N) is 1. The molecule has 0 aliphatic heterocycles. The van der Waals surface area contributed by atoms with E-state index in [1.165, 1.54) is 0 Å². The minimum Gasteiger partial charge on any atom is -0.444 e. The standard InChI is InChI=1S/C18H28N4O2/c1-13(2)12-21-16(19)20-11-10-14-6-8-15(9-7-14)22-17(23)24-18(3,4)5/h6-9H,1,10-12H2,2-5H3,(H,22,23)(H3,19,20,21). The van der Waals surface area contributed by atoms with Crippen LogP contribution in [-0.4, -0.2) is 30.7 Å². The summed E-state index contributed by atoms with van der Waals surface area (Å²) in [5.74, 6) is 0.418. The molecule has 0 aromatic heterocycles. The molecule has 0 aliphatic carbocycles. The molecule has 0 saturated heterocycles. The fraction of sp³-hybridized carbons (Fsp3) is 0.444. The summed E-state index contributed by atoms with van der Waals surface area (Å²) in [6.07, 6.45) is 0.342. The van der Waals surface area contributed by atoms with Gasteiger partial charge in [0.15, 0.2) is 5.96 Å². The van der Waals surface area contributed by atoms with Gasteiger partial charge in [-0.1, -0.05) is 24.3 Å². The zero-order valence-electron chi connectivity index (χ0n) is 15.0. The molecule has 6 nitrogen and oxygen atoms in total. The predicted molar refractivity (Wildman–Crippen MR) is 99.3 cm³/mol. The minimum absolute atomic E-state index is 0.418. The van der Waals surface area contributed by atoms with E-state index >= 15 is 0 Å². The van der Waals surface area contributed by atoms with Crippen LogP contribution in [0.15, 0.2) is 41.4 Å². The Morgan fingerprint density at radius 1 is 1.29 bits per heavy atom. The van der Waals surface area contributed by atoms with Crippen LogP contribution in [0.2, 0.25) is 0 Å². The van der Waals surface area contributed by atoms with Crippen molar-refractivity contribution in [2.75, 3.05) is 18.4 Å². The monoisotopic (exact) mass is 332 g/mol. The zero-order valence-corrected chi connectivity index (χ0v) is 15.0. The molecule has 0 fully saturated rings. The van der Waals surface area contributed by atoms with Crippen molar-refractivity contribution in [3.05, 3.63) is 42.0 Å². The molecule has 0 heterocycles. The summed E-state index contributed by atoms with van der Waals surface area (Å²) in [5, 5.41) is 5.76. The van der Waals surface area contributed by atoms with Crippen molar-refractivity contribution in [2.24, 2.45) is 10.7 Å². The second kappa shape index (κ2) is 8.96. The molecule has 1 amide bonds. The van der Waals surface area contributed by atoms with Crippen molar-refractivity contribution in [2.45, 2.75) is 39.7 Å². The highest BCUT2D eigenvalue weighted by atomic mass is 16.6. The third-order valence-corrected chi connectivity index (χ3v) is 2.84. The third kappa shape index (κ3) is 8.82. The number of rotatable bonds is 6. The van der Waals surface area contributed by atoms with Crippen LogP contribution in [-0.2, 0) is 11.2 Å². The van der Waals surface area contributed by atoms with E-state index in [-0.39, 0.29) is 0 Å². The summed E-state index contributed by atoms with van der Waals surface area (Å²) in [5.41, 5.74) is 8.03. The number of carbonyl (C=O) groups is 1. The first-order valence-electron chi connectivity index (χ1n) is 7.93. The number of amides is 1. The van der Waals surface area contributed by atoms with Gasteiger partial charge in [0.2, 0.25) is 0 Å². The number of nitrogens with one attached hydrogen (secondary N) is 2. The zero-order chi connectivity index (χ0) is 18.2. The Labute approximate surface area is 144 Å². The van der Waals surface area contributed by atoms with Gasteiger partial charge in [0.1, 0.15) is 5.60 Å². The van der Waals surface area contributed by atoms with Crippen molar-refractivity contribution >= 4 is 17.7 Å². The number of hydrogen-bond acceptors (Lipinski definition) is 3. The lowest BCUT2D eigenvalue weighted by Gasteiger charge is -2.19. The Hall–Kier alpha value is -2.50. The van der Waals surface area contributed by atoms with E-state index in [4.69, 9.17) is 10.5 Å².